The lowest BCUT2D eigenvalue weighted by Gasteiger charge is -2.35. The van der Waals surface area contributed by atoms with Gasteiger partial charge in [-0.3, -0.25) is 15.6 Å². The van der Waals surface area contributed by atoms with Crippen LogP contribution in [0.3, 0.4) is 0 Å². The van der Waals surface area contributed by atoms with Crippen molar-refractivity contribution in [2.45, 2.75) is 63.7 Å². The van der Waals surface area contributed by atoms with Gasteiger partial charge in [0.25, 0.3) is 0 Å². The number of nitrogens with one attached hydrogen (secondary N) is 4. The van der Waals surface area contributed by atoms with Crippen LogP contribution in [0.5, 0.6) is 0 Å². The van der Waals surface area contributed by atoms with E-state index < -0.39 is 11.7 Å². The molecule has 6 rings (SSSR count). The van der Waals surface area contributed by atoms with Crippen LogP contribution in [0.2, 0.25) is 0 Å². The third-order valence-electron chi connectivity index (χ3n) is 8.79. The van der Waals surface area contributed by atoms with Gasteiger partial charge in [0.15, 0.2) is 0 Å². The van der Waals surface area contributed by atoms with Crippen molar-refractivity contribution in [2.75, 3.05) is 30.3 Å². The highest BCUT2D eigenvalue weighted by Crippen LogP contribution is 2.34. The van der Waals surface area contributed by atoms with Gasteiger partial charge < -0.3 is 15.5 Å². The first-order valence-electron chi connectivity index (χ1n) is 15.0. The predicted molar refractivity (Wildman–Crippen MR) is 158 cm³/mol. The van der Waals surface area contributed by atoms with E-state index in [1.807, 2.05) is 30.0 Å². The number of alkyl halides is 3. The van der Waals surface area contributed by atoms with Crippen LogP contribution < -0.4 is 21.5 Å². The molecule has 2 saturated heterocycles. The van der Waals surface area contributed by atoms with Gasteiger partial charge in [0.2, 0.25) is 5.91 Å². The van der Waals surface area contributed by atoms with Crippen LogP contribution in [-0.4, -0.2) is 57.5 Å². The summed E-state index contributed by atoms with van der Waals surface area (Å²) in [5.41, 5.74) is 8.18. The first kappa shape index (κ1) is 29.3. The van der Waals surface area contributed by atoms with Gasteiger partial charge in [-0.15, -0.1) is 0 Å². The molecule has 9 nitrogen and oxygen atoms in total. The van der Waals surface area contributed by atoms with E-state index in [2.05, 4.69) is 36.4 Å². The van der Waals surface area contributed by atoms with Crippen LogP contribution >= 0.6 is 0 Å². The number of amides is 1. The average Bonchev–Trinajstić information content (AvgIpc) is 3.45. The molecule has 228 valence electrons. The summed E-state index contributed by atoms with van der Waals surface area (Å²) < 4.78 is 39.3. The first-order chi connectivity index (χ1) is 20.7. The summed E-state index contributed by atoms with van der Waals surface area (Å²) in [7, 11) is 0. The number of hydrogen-bond donors (Lipinski definition) is 4. The van der Waals surface area contributed by atoms with E-state index in [0.717, 1.165) is 80.6 Å². The highest BCUT2D eigenvalue weighted by molar-refractivity contribution is 5.76. The molecular formula is C31H37F3N8O. The molecule has 0 radical (unpaired) electrons. The topological polar surface area (TPSA) is 107 Å². The molecule has 3 aromatic heterocycles. The van der Waals surface area contributed by atoms with E-state index in [9.17, 15) is 18.0 Å². The standard InChI is InChI=1S/C31H37F3N8O/c1-19-12-25(39-29(13-19)40-28-16-23(6-9-35-28)31(32,33)34)21-4-5-27(36-17-21)38-24-7-10-42(11-8-24)30(43)15-20-2-3-22-18-37-41-26(22)14-20/h4-6,9,12-13,16-17,20,22,24,26,37,41H,2-3,7-8,10-11,14-15,18H2,1H3,(H,36,38)(H,35,39,40). The monoisotopic (exact) mass is 594 g/mol. The molecule has 12 heteroatoms. The highest BCUT2D eigenvalue weighted by atomic mass is 19.4. The number of hydrazine groups is 1. The molecule has 5 heterocycles. The Morgan fingerprint density at radius 2 is 1.86 bits per heavy atom. The van der Waals surface area contributed by atoms with Gasteiger partial charge in [-0.25, -0.2) is 15.0 Å². The molecule has 3 fully saturated rings. The second-order valence-electron chi connectivity index (χ2n) is 12.0. The van der Waals surface area contributed by atoms with Gasteiger partial charge in [-0.2, -0.15) is 13.2 Å². The van der Waals surface area contributed by atoms with E-state index in [4.69, 9.17) is 0 Å². The van der Waals surface area contributed by atoms with E-state index in [1.165, 1.54) is 6.42 Å². The maximum atomic E-state index is 13.1. The Morgan fingerprint density at radius 1 is 1.02 bits per heavy atom. The molecule has 3 aliphatic rings. The fourth-order valence-electron chi connectivity index (χ4n) is 6.42. The minimum Gasteiger partial charge on any atom is -0.367 e. The normalized spacial score (nSPS) is 22.7. The molecule has 0 spiro atoms. The first-order valence-corrected chi connectivity index (χ1v) is 15.0. The summed E-state index contributed by atoms with van der Waals surface area (Å²) in [5.74, 6) is 2.65. The fourth-order valence-corrected chi connectivity index (χ4v) is 6.42. The molecule has 1 saturated carbocycles. The summed E-state index contributed by atoms with van der Waals surface area (Å²) in [6, 6.07) is 10.1. The van der Waals surface area contributed by atoms with Gasteiger partial charge in [0.1, 0.15) is 17.5 Å². The molecule has 2 aliphatic heterocycles. The molecule has 0 bridgehead atoms. The number of piperidine rings is 1. The maximum absolute atomic E-state index is 13.1. The largest absolute Gasteiger partial charge is 0.416 e. The van der Waals surface area contributed by atoms with Gasteiger partial charge >= 0.3 is 6.18 Å². The number of carbonyl (C=O) groups excluding carboxylic acids is 1. The Bertz CT molecular complexity index is 1430. The number of anilines is 3. The molecule has 3 atom stereocenters. The number of pyridine rings is 3. The van der Waals surface area contributed by atoms with Crippen LogP contribution in [0.4, 0.5) is 30.6 Å². The minimum absolute atomic E-state index is 0.0651. The van der Waals surface area contributed by atoms with Crippen LogP contribution in [0.15, 0.2) is 48.8 Å². The zero-order valence-electron chi connectivity index (χ0n) is 24.1. The number of nitrogens with zero attached hydrogens (tertiary/aromatic N) is 4. The lowest BCUT2D eigenvalue weighted by atomic mass is 9.78. The zero-order valence-corrected chi connectivity index (χ0v) is 24.1. The summed E-state index contributed by atoms with van der Waals surface area (Å²) in [4.78, 5) is 28.2. The number of rotatable bonds is 7. The van der Waals surface area contributed by atoms with Gasteiger partial charge in [0, 0.05) is 56.1 Å². The molecule has 4 N–H and O–H groups in total. The third kappa shape index (κ3) is 7.24. The Kier molecular flexibility index (Phi) is 8.49. The summed E-state index contributed by atoms with van der Waals surface area (Å²) in [5, 5.41) is 6.39. The number of halogens is 3. The smallest absolute Gasteiger partial charge is 0.367 e. The Balaban J connectivity index is 1.01. The van der Waals surface area contributed by atoms with Crippen molar-refractivity contribution in [1.29, 1.82) is 0 Å². The Labute approximate surface area is 249 Å². The minimum atomic E-state index is -4.45. The molecule has 0 aromatic carbocycles. The van der Waals surface area contributed by atoms with Crippen molar-refractivity contribution in [1.82, 2.24) is 30.7 Å². The number of aromatic nitrogens is 3. The fraction of sp³-hybridized carbons (Fsp3) is 0.484. The average molecular weight is 595 g/mol. The van der Waals surface area contributed by atoms with Gasteiger partial charge in [-0.05, 0) is 92.8 Å². The lowest BCUT2D eigenvalue weighted by molar-refractivity contribution is -0.137. The molecular weight excluding hydrogens is 557 g/mol. The van der Waals surface area contributed by atoms with Gasteiger partial charge in [0.05, 0.1) is 11.3 Å². The lowest BCUT2D eigenvalue weighted by Crippen LogP contribution is -2.44. The number of hydrogen-bond acceptors (Lipinski definition) is 8. The highest BCUT2D eigenvalue weighted by Gasteiger charge is 2.35. The molecule has 1 amide bonds. The predicted octanol–water partition coefficient (Wildman–Crippen LogP) is 5.30. The summed E-state index contributed by atoms with van der Waals surface area (Å²) >= 11 is 0. The zero-order chi connectivity index (χ0) is 30.0. The van der Waals surface area contributed by atoms with Crippen molar-refractivity contribution in [3.63, 3.8) is 0 Å². The second-order valence-corrected chi connectivity index (χ2v) is 12.0. The SMILES string of the molecule is Cc1cc(Nc2cc(C(F)(F)F)ccn2)nc(-c2ccc(NC3CCN(C(=O)CC4CCC5CNNC5C4)CC3)nc2)c1. The quantitative estimate of drug-likeness (QED) is 0.292. The summed E-state index contributed by atoms with van der Waals surface area (Å²) in [6.07, 6.45) is 4.19. The van der Waals surface area contributed by atoms with E-state index >= 15 is 0 Å². The molecule has 1 aliphatic carbocycles. The Hall–Kier alpha value is -3.77. The Morgan fingerprint density at radius 3 is 2.63 bits per heavy atom. The van der Waals surface area contributed by atoms with Crippen LogP contribution in [0, 0.1) is 18.8 Å². The van der Waals surface area contributed by atoms with Crippen LogP contribution in [0.1, 0.15) is 49.7 Å². The van der Waals surface area contributed by atoms with Crippen molar-refractivity contribution in [2.24, 2.45) is 11.8 Å². The van der Waals surface area contributed by atoms with E-state index in [0.29, 0.717) is 35.8 Å². The van der Waals surface area contributed by atoms with E-state index in [1.54, 1.807) is 12.3 Å². The second kappa shape index (κ2) is 12.5. The number of aryl methyl sites for hydroxylation is 1. The van der Waals surface area contributed by atoms with Gasteiger partial charge in [-0.1, -0.05) is 0 Å². The van der Waals surface area contributed by atoms with E-state index in [-0.39, 0.29) is 17.8 Å². The van der Waals surface area contributed by atoms with Crippen molar-refractivity contribution < 1.29 is 18.0 Å². The molecule has 43 heavy (non-hydrogen) atoms. The molecule has 3 unspecified atom stereocenters. The number of carbonyl (C=O) groups is 1. The third-order valence-corrected chi connectivity index (χ3v) is 8.79. The number of fused-ring (bicyclic) bond motifs is 1. The van der Waals surface area contributed by atoms with Crippen LogP contribution in [-0.2, 0) is 11.0 Å². The molecule has 3 aromatic rings. The number of likely N-dealkylation sites (tertiary alicyclic amines) is 1. The van der Waals surface area contributed by atoms with Crippen LogP contribution in [0.25, 0.3) is 11.3 Å². The maximum Gasteiger partial charge on any atom is 0.416 e. The van der Waals surface area contributed by atoms with Crippen molar-refractivity contribution in [3.8, 4) is 11.3 Å². The summed E-state index contributed by atoms with van der Waals surface area (Å²) in [6.45, 7) is 4.42. The van der Waals surface area contributed by atoms with Crippen molar-refractivity contribution >= 4 is 23.4 Å². The van der Waals surface area contributed by atoms with Crippen molar-refractivity contribution in [3.05, 3.63) is 59.9 Å².